The van der Waals surface area contributed by atoms with E-state index < -0.39 is 0 Å². The second-order valence-corrected chi connectivity index (χ2v) is 6.17. The van der Waals surface area contributed by atoms with Crippen LogP contribution in [0.15, 0.2) is 27.1 Å². The maximum Gasteiger partial charge on any atom is 0.252 e. The van der Waals surface area contributed by atoms with Crippen LogP contribution >= 0.6 is 31.9 Å². The number of nitrogens with one attached hydrogen (secondary N) is 1. The molecule has 0 spiro atoms. The third-order valence-corrected chi connectivity index (χ3v) is 3.94. The van der Waals surface area contributed by atoms with Crippen LogP contribution in [0, 0.1) is 5.92 Å². The quantitative estimate of drug-likeness (QED) is 0.773. The van der Waals surface area contributed by atoms with Gasteiger partial charge in [-0.05, 0) is 52.9 Å². The van der Waals surface area contributed by atoms with Crippen molar-refractivity contribution in [3.05, 3.63) is 32.7 Å². The van der Waals surface area contributed by atoms with Crippen molar-refractivity contribution in [1.29, 1.82) is 0 Å². The summed E-state index contributed by atoms with van der Waals surface area (Å²) < 4.78 is 7.15. The Bertz CT molecular complexity index is 433. The Morgan fingerprint density at radius 2 is 2.17 bits per heavy atom. The van der Waals surface area contributed by atoms with Crippen molar-refractivity contribution in [2.75, 3.05) is 19.8 Å². The first-order chi connectivity index (χ1) is 8.66. The molecule has 0 bridgehead atoms. The van der Waals surface area contributed by atoms with Gasteiger partial charge in [0.15, 0.2) is 0 Å². The van der Waals surface area contributed by atoms with Gasteiger partial charge in [-0.25, -0.2) is 0 Å². The van der Waals surface area contributed by atoms with E-state index in [4.69, 9.17) is 4.74 Å². The largest absolute Gasteiger partial charge is 0.379 e. The highest BCUT2D eigenvalue weighted by Gasteiger charge is 2.20. The third kappa shape index (κ3) is 4.37. The second-order valence-electron chi connectivity index (χ2n) is 4.40. The zero-order chi connectivity index (χ0) is 13.0. The van der Waals surface area contributed by atoms with E-state index >= 15 is 0 Å². The molecule has 1 aliphatic carbocycles. The molecule has 2 rings (SSSR count). The van der Waals surface area contributed by atoms with Gasteiger partial charge < -0.3 is 10.1 Å². The Balaban J connectivity index is 1.74. The van der Waals surface area contributed by atoms with E-state index in [1.165, 1.54) is 12.8 Å². The lowest BCUT2D eigenvalue weighted by atomic mass is 10.2. The van der Waals surface area contributed by atoms with Gasteiger partial charge >= 0.3 is 0 Å². The van der Waals surface area contributed by atoms with Gasteiger partial charge in [-0.3, -0.25) is 4.79 Å². The second kappa shape index (κ2) is 6.68. The highest BCUT2D eigenvalue weighted by Crippen LogP contribution is 2.28. The minimum Gasteiger partial charge on any atom is -0.379 e. The summed E-state index contributed by atoms with van der Waals surface area (Å²) >= 11 is 6.72. The molecular weight excluding hydrogens is 362 g/mol. The molecule has 0 saturated heterocycles. The van der Waals surface area contributed by atoms with E-state index in [-0.39, 0.29) is 5.91 Å². The normalized spacial score (nSPS) is 14.6. The van der Waals surface area contributed by atoms with Gasteiger partial charge in [-0.1, -0.05) is 15.9 Å². The fourth-order valence-corrected chi connectivity index (χ4v) is 2.33. The molecule has 98 valence electrons. The molecular formula is C13H15Br2NO2. The van der Waals surface area contributed by atoms with Crippen LogP contribution in [0.1, 0.15) is 23.2 Å². The topological polar surface area (TPSA) is 38.3 Å². The van der Waals surface area contributed by atoms with E-state index in [9.17, 15) is 4.79 Å². The zero-order valence-corrected chi connectivity index (χ0v) is 13.1. The molecule has 18 heavy (non-hydrogen) atoms. The number of carbonyl (C=O) groups excluding carboxylic acids is 1. The predicted molar refractivity (Wildman–Crippen MR) is 77.7 cm³/mol. The molecule has 1 fully saturated rings. The summed E-state index contributed by atoms with van der Waals surface area (Å²) in [6, 6.07) is 5.53. The minimum absolute atomic E-state index is 0.0850. The Hall–Kier alpha value is -0.390. The standard InChI is InChI=1S/C13H15Br2NO2/c14-10-3-4-12(15)11(7-10)13(17)16-5-6-18-8-9-1-2-9/h3-4,7,9H,1-2,5-6,8H2,(H,16,17). The Kier molecular flexibility index (Phi) is 5.21. The summed E-state index contributed by atoms with van der Waals surface area (Å²) in [6.45, 7) is 1.95. The lowest BCUT2D eigenvalue weighted by Crippen LogP contribution is -2.27. The summed E-state index contributed by atoms with van der Waals surface area (Å²) in [6.07, 6.45) is 2.58. The molecule has 1 N–H and O–H groups in total. The molecule has 1 aromatic rings. The molecule has 1 aliphatic rings. The van der Waals surface area contributed by atoms with Crippen LogP contribution in [0.4, 0.5) is 0 Å². The van der Waals surface area contributed by atoms with Gasteiger partial charge in [0, 0.05) is 22.1 Å². The van der Waals surface area contributed by atoms with Crippen molar-refractivity contribution >= 4 is 37.8 Å². The number of ether oxygens (including phenoxy) is 1. The molecule has 0 unspecified atom stereocenters. The molecule has 1 aromatic carbocycles. The number of hydrogen-bond acceptors (Lipinski definition) is 2. The van der Waals surface area contributed by atoms with Crippen LogP contribution in [0.2, 0.25) is 0 Å². The zero-order valence-electron chi connectivity index (χ0n) is 9.92. The van der Waals surface area contributed by atoms with Gasteiger partial charge in [-0.2, -0.15) is 0 Å². The van der Waals surface area contributed by atoms with E-state index in [2.05, 4.69) is 37.2 Å². The number of carbonyl (C=O) groups is 1. The first kappa shape index (κ1) is 14.0. The summed E-state index contributed by atoms with van der Waals surface area (Å²) in [4.78, 5) is 11.9. The fourth-order valence-electron chi connectivity index (χ4n) is 1.54. The average molecular weight is 377 g/mol. The van der Waals surface area contributed by atoms with Crippen LogP contribution in [-0.4, -0.2) is 25.7 Å². The maximum absolute atomic E-state index is 11.9. The summed E-state index contributed by atoms with van der Waals surface area (Å²) in [5.41, 5.74) is 0.631. The average Bonchev–Trinajstić information content (AvgIpc) is 3.15. The van der Waals surface area contributed by atoms with E-state index in [0.717, 1.165) is 21.5 Å². The van der Waals surface area contributed by atoms with Gasteiger partial charge in [0.2, 0.25) is 0 Å². The predicted octanol–water partition coefficient (Wildman–Crippen LogP) is 3.37. The van der Waals surface area contributed by atoms with Crippen molar-refractivity contribution in [2.24, 2.45) is 5.92 Å². The number of hydrogen-bond donors (Lipinski definition) is 1. The lowest BCUT2D eigenvalue weighted by molar-refractivity contribution is 0.0906. The van der Waals surface area contributed by atoms with E-state index in [0.29, 0.717) is 18.7 Å². The Morgan fingerprint density at radius 3 is 2.89 bits per heavy atom. The third-order valence-electron chi connectivity index (χ3n) is 2.76. The molecule has 1 amide bonds. The van der Waals surface area contributed by atoms with Gasteiger partial charge in [0.25, 0.3) is 5.91 Å². The maximum atomic E-state index is 11.9. The molecule has 0 radical (unpaired) electrons. The molecule has 0 aromatic heterocycles. The van der Waals surface area contributed by atoms with E-state index in [1.807, 2.05) is 12.1 Å². The van der Waals surface area contributed by atoms with Gasteiger partial charge in [0.1, 0.15) is 0 Å². The highest BCUT2D eigenvalue weighted by molar-refractivity contribution is 9.11. The number of benzene rings is 1. The smallest absolute Gasteiger partial charge is 0.252 e. The van der Waals surface area contributed by atoms with E-state index in [1.54, 1.807) is 6.07 Å². The fraction of sp³-hybridized carbons (Fsp3) is 0.462. The van der Waals surface area contributed by atoms with Gasteiger partial charge in [-0.15, -0.1) is 0 Å². The molecule has 0 aliphatic heterocycles. The number of amides is 1. The van der Waals surface area contributed by atoms with Crippen LogP contribution in [0.5, 0.6) is 0 Å². The molecule has 3 nitrogen and oxygen atoms in total. The SMILES string of the molecule is O=C(NCCOCC1CC1)c1cc(Br)ccc1Br. The van der Waals surface area contributed by atoms with Gasteiger partial charge in [0.05, 0.1) is 12.2 Å². The summed E-state index contributed by atoms with van der Waals surface area (Å²) in [5.74, 6) is 0.679. The number of halogens is 2. The Morgan fingerprint density at radius 1 is 1.39 bits per heavy atom. The van der Waals surface area contributed by atoms with Crippen molar-refractivity contribution in [3.8, 4) is 0 Å². The lowest BCUT2D eigenvalue weighted by Gasteiger charge is -2.08. The Labute approximate surface area is 124 Å². The minimum atomic E-state index is -0.0850. The highest BCUT2D eigenvalue weighted by atomic mass is 79.9. The number of rotatable bonds is 6. The van der Waals surface area contributed by atoms with Crippen molar-refractivity contribution < 1.29 is 9.53 Å². The first-order valence-electron chi connectivity index (χ1n) is 5.98. The summed E-state index contributed by atoms with van der Waals surface area (Å²) in [7, 11) is 0. The van der Waals surface area contributed by atoms with Crippen molar-refractivity contribution in [3.63, 3.8) is 0 Å². The van der Waals surface area contributed by atoms with Crippen LogP contribution in [0.3, 0.4) is 0 Å². The molecule has 0 atom stereocenters. The van der Waals surface area contributed by atoms with Crippen LogP contribution < -0.4 is 5.32 Å². The first-order valence-corrected chi connectivity index (χ1v) is 7.56. The molecule has 1 saturated carbocycles. The van der Waals surface area contributed by atoms with Crippen molar-refractivity contribution in [1.82, 2.24) is 5.32 Å². The van der Waals surface area contributed by atoms with Crippen LogP contribution in [0.25, 0.3) is 0 Å². The van der Waals surface area contributed by atoms with Crippen LogP contribution in [-0.2, 0) is 4.74 Å². The molecule has 5 heteroatoms. The summed E-state index contributed by atoms with van der Waals surface area (Å²) in [5, 5.41) is 2.85. The monoisotopic (exact) mass is 375 g/mol. The van der Waals surface area contributed by atoms with Crippen molar-refractivity contribution in [2.45, 2.75) is 12.8 Å². The molecule has 0 heterocycles.